The number of rotatable bonds is 5. The second kappa shape index (κ2) is 9.87. The van der Waals surface area contributed by atoms with Crippen molar-refractivity contribution >= 4 is 29.9 Å². The quantitative estimate of drug-likeness (QED) is 0.414. The average molecular weight is 411 g/mol. The fraction of sp³-hybridized carbons (Fsp3) is 0.938. The van der Waals surface area contributed by atoms with Gasteiger partial charge in [0.25, 0.3) is 0 Å². The molecule has 0 atom stereocenters. The van der Waals surface area contributed by atoms with Crippen molar-refractivity contribution in [1.29, 1.82) is 0 Å². The van der Waals surface area contributed by atoms with E-state index in [4.69, 9.17) is 4.74 Å². The van der Waals surface area contributed by atoms with Crippen molar-refractivity contribution in [3.63, 3.8) is 0 Å². The molecule has 1 aliphatic carbocycles. The standard InChI is InChI=1S/C16H33N3O.HI/c1-12(2)13-7-9-14(10-8-13)19-15(17-5)18-11-16(3,4)20-6;/h12-14H,7-11H2,1-6H3,(H2,17,18,19);1H. The van der Waals surface area contributed by atoms with Gasteiger partial charge in [-0.25, -0.2) is 0 Å². The predicted molar refractivity (Wildman–Crippen MR) is 102 cm³/mol. The van der Waals surface area contributed by atoms with Gasteiger partial charge in [-0.1, -0.05) is 13.8 Å². The van der Waals surface area contributed by atoms with Crippen LogP contribution in [0.25, 0.3) is 0 Å². The first-order valence-electron chi connectivity index (χ1n) is 7.90. The zero-order valence-corrected chi connectivity index (χ0v) is 16.9. The van der Waals surface area contributed by atoms with Gasteiger partial charge in [-0.05, 0) is 51.4 Å². The van der Waals surface area contributed by atoms with Crippen LogP contribution in [-0.4, -0.2) is 38.3 Å². The number of nitrogens with one attached hydrogen (secondary N) is 2. The number of halogens is 1. The van der Waals surface area contributed by atoms with Crippen LogP contribution in [0.15, 0.2) is 4.99 Å². The lowest BCUT2D eigenvalue weighted by Crippen LogP contribution is -2.49. The molecule has 0 saturated heterocycles. The van der Waals surface area contributed by atoms with Gasteiger partial charge in [-0.3, -0.25) is 4.99 Å². The summed E-state index contributed by atoms with van der Waals surface area (Å²) in [5.74, 6) is 2.61. The number of methoxy groups -OCH3 is 1. The fourth-order valence-corrected chi connectivity index (χ4v) is 2.69. The lowest BCUT2D eigenvalue weighted by molar-refractivity contribution is 0.0267. The lowest BCUT2D eigenvalue weighted by atomic mass is 9.80. The number of hydrogen-bond acceptors (Lipinski definition) is 2. The van der Waals surface area contributed by atoms with E-state index in [1.165, 1.54) is 25.7 Å². The first-order chi connectivity index (χ1) is 9.38. The van der Waals surface area contributed by atoms with Crippen molar-refractivity contribution in [2.45, 2.75) is 65.0 Å². The maximum absolute atomic E-state index is 5.42. The molecule has 0 aromatic rings. The molecular formula is C16H34IN3O. The molecular weight excluding hydrogens is 377 g/mol. The van der Waals surface area contributed by atoms with E-state index in [9.17, 15) is 0 Å². The molecule has 5 heteroatoms. The molecule has 0 radical (unpaired) electrons. The van der Waals surface area contributed by atoms with E-state index >= 15 is 0 Å². The second-order valence-electron chi connectivity index (χ2n) is 6.89. The van der Waals surface area contributed by atoms with Crippen LogP contribution in [0.4, 0.5) is 0 Å². The minimum atomic E-state index is -0.174. The Balaban J connectivity index is 0.00000400. The molecule has 1 rings (SSSR count). The molecule has 2 N–H and O–H groups in total. The van der Waals surface area contributed by atoms with Crippen molar-refractivity contribution in [3.8, 4) is 0 Å². The van der Waals surface area contributed by atoms with Gasteiger partial charge >= 0.3 is 0 Å². The maximum atomic E-state index is 5.42. The smallest absolute Gasteiger partial charge is 0.191 e. The monoisotopic (exact) mass is 411 g/mol. The molecule has 0 amide bonds. The minimum absolute atomic E-state index is 0. The first-order valence-corrected chi connectivity index (χ1v) is 7.90. The molecule has 1 aliphatic rings. The van der Waals surface area contributed by atoms with Crippen LogP contribution in [0.2, 0.25) is 0 Å². The summed E-state index contributed by atoms with van der Waals surface area (Å²) >= 11 is 0. The van der Waals surface area contributed by atoms with Gasteiger partial charge in [-0.2, -0.15) is 0 Å². The Morgan fingerprint density at radius 2 is 1.81 bits per heavy atom. The summed E-state index contributed by atoms with van der Waals surface area (Å²) in [4.78, 5) is 4.31. The van der Waals surface area contributed by atoms with Gasteiger partial charge in [0.05, 0.1) is 5.60 Å². The van der Waals surface area contributed by atoms with Crippen LogP contribution in [0.5, 0.6) is 0 Å². The van der Waals surface area contributed by atoms with Crippen molar-refractivity contribution < 1.29 is 4.74 Å². The first kappa shape index (κ1) is 21.0. The van der Waals surface area contributed by atoms with Crippen LogP contribution in [0.1, 0.15) is 53.4 Å². The van der Waals surface area contributed by atoms with Crippen LogP contribution in [0, 0.1) is 11.8 Å². The van der Waals surface area contributed by atoms with Crippen molar-refractivity contribution in [2.75, 3.05) is 20.7 Å². The SMILES string of the molecule is CN=C(NCC(C)(C)OC)NC1CCC(C(C)C)CC1.I. The average Bonchev–Trinajstić information content (AvgIpc) is 2.44. The summed E-state index contributed by atoms with van der Waals surface area (Å²) in [6.45, 7) is 9.57. The van der Waals surface area contributed by atoms with Gasteiger partial charge in [-0.15, -0.1) is 24.0 Å². The lowest BCUT2D eigenvalue weighted by Gasteiger charge is -2.32. The Labute approximate surface area is 147 Å². The third-order valence-corrected chi connectivity index (χ3v) is 4.51. The molecule has 1 fully saturated rings. The van der Waals surface area contributed by atoms with Crippen LogP contribution in [0.3, 0.4) is 0 Å². The molecule has 21 heavy (non-hydrogen) atoms. The summed E-state index contributed by atoms with van der Waals surface area (Å²) in [5, 5.41) is 6.90. The largest absolute Gasteiger partial charge is 0.377 e. The molecule has 0 aromatic heterocycles. The van der Waals surface area contributed by atoms with E-state index in [1.807, 2.05) is 7.05 Å². The number of guanidine groups is 1. The molecule has 1 saturated carbocycles. The van der Waals surface area contributed by atoms with E-state index in [0.29, 0.717) is 6.04 Å². The molecule has 0 unspecified atom stereocenters. The molecule has 0 aliphatic heterocycles. The minimum Gasteiger partial charge on any atom is -0.377 e. The summed E-state index contributed by atoms with van der Waals surface area (Å²) in [6, 6.07) is 0.557. The predicted octanol–water partition coefficient (Wildman–Crippen LogP) is 3.41. The van der Waals surface area contributed by atoms with Crippen molar-refractivity contribution in [2.24, 2.45) is 16.8 Å². The summed E-state index contributed by atoms with van der Waals surface area (Å²) in [7, 11) is 3.57. The molecule has 0 heterocycles. The molecule has 0 bridgehead atoms. The summed E-state index contributed by atoms with van der Waals surface area (Å²) in [6.07, 6.45) is 5.15. The van der Waals surface area contributed by atoms with Gasteiger partial charge in [0, 0.05) is 26.7 Å². The highest BCUT2D eigenvalue weighted by molar-refractivity contribution is 14.0. The van der Waals surface area contributed by atoms with E-state index in [2.05, 4.69) is 43.3 Å². The fourth-order valence-electron chi connectivity index (χ4n) is 2.69. The maximum Gasteiger partial charge on any atom is 0.191 e. The van der Waals surface area contributed by atoms with E-state index < -0.39 is 0 Å². The Morgan fingerprint density at radius 3 is 2.24 bits per heavy atom. The van der Waals surface area contributed by atoms with Crippen molar-refractivity contribution in [1.82, 2.24) is 10.6 Å². The molecule has 126 valence electrons. The van der Waals surface area contributed by atoms with Crippen LogP contribution >= 0.6 is 24.0 Å². The number of ether oxygens (including phenoxy) is 1. The third kappa shape index (κ3) is 7.68. The topological polar surface area (TPSA) is 45.7 Å². The van der Waals surface area contributed by atoms with Gasteiger partial charge in [0.15, 0.2) is 5.96 Å². The van der Waals surface area contributed by atoms with Gasteiger partial charge < -0.3 is 15.4 Å². The second-order valence-corrected chi connectivity index (χ2v) is 6.89. The third-order valence-electron chi connectivity index (χ3n) is 4.51. The number of aliphatic imine (C=N–C) groups is 1. The van der Waals surface area contributed by atoms with E-state index in [-0.39, 0.29) is 29.6 Å². The molecule has 0 spiro atoms. The number of hydrogen-bond donors (Lipinski definition) is 2. The highest BCUT2D eigenvalue weighted by atomic mass is 127. The van der Waals surface area contributed by atoms with Crippen LogP contribution in [-0.2, 0) is 4.74 Å². The highest BCUT2D eigenvalue weighted by Crippen LogP contribution is 2.29. The zero-order chi connectivity index (χ0) is 15.2. The normalized spacial score (nSPS) is 23.7. The Morgan fingerprint density at radius 1 is 1.24 bits per heavy atom. The molecule has 4 nitrogen and oxygen atoms in total. The van der Waals surface area contributed by atoms with Gasteiger partial charge in [0.2, 0.25) is 0 Å². The number of nitrogens with zero attached hydrogens (tertiary/aromatic N) is 1. The summed E-state index contributed by atoms with van der Waals surface area (Å²) in [5.41, 5.74) is -0.174. The zero-order valence-electron chi connectivity index (χ0n) is 14.5. The van der Waals surface area contributed by atoms with Crippen molar-refractivity contribution in [3.05, 3.63) is 0 Å². The Hall–Kier alpha value is -0.0400. The highest BCUT2D eigenvalue weighted by Gasteiger charge is 2.24. The summed E-state index contributed by atoms with van der Waals surface area (Å²) < 4.78 is 5.42. The Kier molecular flexibility index (Phi) is 9.85. The van der Waals surface area contributed by atoms with E-state index in [0.717, 1.165) is 24.3 Å². The van der Waals surface area contributed by atoms with Crippen LogP contribution < -0.4 is 10.6 Å². The van der Waals surface area contributed by atoms with Gasteiger partial charge in [0.1, 0.15) is 0 Å². The Bertz CT molecular complexity index is 311. The molecule has 0 aromatic carbocycles. The van der Waals surface area contributed by atoms with E-state index in [1.54, 1.807) is 7.11 Å².